The fourth-order valence-corrected chi connectivity index (χ4v) is 3.84. The molecule has 0 amide bonds. The fourth-order valence-electron chi connectivity index (χ4n) is 3.02. The highest BCUT2D eigenvalue weighted by atomic mass is 32.1. The normalized spacial score (nSPS) is 11.1. The monoisotopic (exact) mass is 415 g/mol. The minimum atomic E-state index is -1.04. The van der Waals surface area contributed by atoms with Crippen molar-refractivity contribution in [3.63, 3.8) is 0 Å². The van der Waals surface area contributed by atoms with E-state index in [0.29, 0.717) is 21.7 Å². The molecule has 10 heteroatoms. The molecule has 4 aromatic rings. The van der Waals surface area contributed by atoms with Crippen LogP contribution in [0, 0.1) is 21.7 Å². The Labute approximate surface area is 164 Å². The second kappa shape index (κ2) is 7.06. The fraction of sp³-hybridized carbons (Fsp3) is 0.0526. The Balaban J connectivity index is 1.92. The quantitative estimate of drug-likeness (QED) is 0.377. The summed E-state index contributed by atoms with van der Waals surface area (Å²) in [5.74, 6) is -1.87. The van der Waals surface area contributed by atoms with Gasteiger partial charge in [0.2, 0.25) is 0 Å². The molecule has 0 saturated carbocycles. The molecule has 0 radical (unpaired) electrons. The summed E-state index contributed by atoms with van der Waals surface area (Å²) in [6.07, 6.45) is 0. The van der Waals surface area contributed by atoms with E-state index in [4.69, 9.17) is 0 Å². The average Bonchev–Trinajstić information content (AvgIpc) is 3.17. The summed E-state index contributed by atoms with van der Waals surface area (Å²) in [6, 6.07) is 9.79. The number of hydrogen-bond acceptors (Lipinski definition) is 5. The van der Waals surface area contributed by atoms with E-state index in [1.165, 1.54) is 28.8 Å². The van der Waals surface area contributed by atoms with Gasteiger partial charge < -0.3 is 0 Å². The van der Waals surface area contributed by atoms with E-state index in [-0.39, 0.29) is 22.6 Å². The Morgan fingerprint density at radius 1 is 1.03 bits per heavy atom. The number of halogens is 2. The molecule has 0 N–H and O–H groups in total. The summed E-state index contributed by atoms with van der Waals surface area (Å²) in [4.78, 5) is 36.2. The van der Waals surface area contributed by atoms with Crippen LogP contribution in [0.3, 0.4) is 0 Å². The Morgan fingerprint density at radius 2 is 1.76 bits per heavy atom. The highest BCUT2D eigenvalue weighted by Crippen LogP contribution is 2.20. The van der Waals surface area contributed by atoms with Crippen LogP contribution in [-0.2, 0) is 6.54 Å². The predicted molar refractivity (Wildman–Crippen MR) is 104 cm³/mol. The summed E-state index contributed by atoms with van der Waals surface area (Å²) < 4.78 is 29.7. The largest absolute Gasteiger partial charge is 0.336 e. The molecular weight excluding hydrogens is 404 g/mol. The second-order valence-corrected chi connectivity index (χ2v) is 7.08. The lowest BCUT2D eigenvalue weighted by atomic mass is 10.2. The highest BCUT2D eigenvalue weighted by Gasteiger charge is 2.18. The van der Waals surface area contributed by atoms with Crippen molar-refractivity contribution >= 4 is 27.2 Å². The van der Waals surface area contributed by atoms with Crippen LogP contribution in [0.25, 0.3) is 15.9 Å². The maximum atomic E-state index is 14.3. The van der Waals surface area contributed by atoms with Crippen LogP contribution in [0.4, 0.5) is 14.5 Å². The minimum Gasteiger partial charge on any atom is -0.288 e. The molecule has 0 saturated heterocycles. The van der Waals surface area contributed by atoms with Crippen molar-refractivity contribution in [2.75, 3.05) is 0 Å². The number of thiophene rings is 1. The number of nitrogens with zero attached hydrogens (tertiary/aromatic N) is 3. The van der Waals surface area contributed by atoms with Crippen molar-refractivity contribution in [3.05, 3.63) is 102 Å². The molecule has 0 spiro atoms. The maximum Gasteiger partial charge on any atom is 0.336 e. The zero-order valence-electron chi connectivity index (χ0n) is 14.5. The molecule has 0 unspecified atom stereocenters. The zero-order chi connectivity index (χ0) is 20.7. The van der Waals surface area contributed by atoms with Crippen molar-refractivity contribution in [1.29, 1.82) is 0 Å². The number of nitro groups is 1. The predicted octanol–water partition coefficient (Wildman–Crippen LogP) is 3.45. The average molecular weight is 415 g/mol. The first kappa shape index (κ1) is 18.7. The van der Waals surface area contributed by atoms with E-state index in [1.807, 2.05) is 0 Å². The van der Waals surface area contributed by atoms with Crippen molar-refractivity contribution in [1.82, 2.24) is 9.13 Å². The summed E-state index contributed by atoms with van der Waals surface area (Å²) in [5.41, 5.74) is -1.01. The number of benzene rings is 2. The Bertz CT molecular complexity index is 1370. The van der Waals surface area contributed by atoms with Gasteiger partial charge in [-0.05, 0) is 29.1 Å². The molecule has 2 aromatic carbocycles. The molecule has 4 rings (SSSR count). The van der Waals surface area contributed by atoms with E-state index < -0.39 is 27.8 Å². The number of nitro benzene ring substituents is 1. The number of fused-ring (bicyclic) bond motifs is 1. The molecule has 0 atom stereocenters. The molecule has 0 aliphatic rings. The third-order valence-corrected chi connectivity index (χ3v) is 5.28. The third kappa shape index (κ3) is 3.23. The Morgan fingerprint density at radius 3 is 2.41 bits per heavy atom. The molecular formula is C19H11F2N3O4S. The van der Waals surface area contributed by atoms with Crippen LogP contribution in [0.1, 0.15) is 5.56 Å². The summed E-state index contributed by atoms with van der Waals surface area (Å²) >= 11 is 1.09. The van der Waals surface area contributed by atoms with Crippen molar-refractivity contribution < 1.29 is 13.7 Å². The lowest BCUT2D eigenvalue weighted by Gasteiger charge is -2.13. The minimum absolute atomic E-state index is 0.00710. The summed E-state index contributed by atoms with van der Waals surface area (Å²) in [5, 5.41) is 12.4. The molecule has 0 fully saturated rings. The Hall–Kier alpha value is -3.66. The molecule has 146 valence electrons. The first-order valence-electron chi connectivity index (χ1n) is 8.28. The third-order valence-electron chi connectivity index (χ3n) is 4.39. The van der Waals surface area contributed by atoms with E-state index in [9.17, 15) is 28.5 Å². The lowest BCUT2D eigenvalue weighted by molar-refractivity contribution is -0.384. The first-order valence-corrected chi connectivity index (χ1v) is 9.16. The van der Waals surface area contributed by atoms with Crippen LogP contribution >= 0.6 is 11.3 Å². The van der Waals surface area contributed by atoms with Crippen molar-refractivity contribution in [2.45, 2.75) is 6.54 Å². The standard InChI is InChI=1S/C19H11F2N3O4S/c20-12-3-6-15(14(21)9-12)23-18(25)17-16(7-8-29-17)22(19(23)26)10-11-1-4-13(5-2-11)24(27)28/h1-9H,10H2. The second-order valence-electron chi connectivity index (χ2n) is 6.16. The molecule has 7 nitrogen and oxygen atoms in total. The van der Waals surface area contributed by atoms with Gasteiger partial charge in [-0.25, -0.2) is 18.1 Å². The molecule has 0 bridgehead atoms. The SMILES string of the molecule is O=c1c2sccc2n(Cc2ccc([N+](=O)[O-])cc2)c(=O)n1-c1ccc(F)cc1F. The van der Waals surface area contributed by atoms with Crippen LogP contribution < -0.4 is 11.2 Å². The molecule has 2 aromatic heterocycles. The first-order chi connectivity index (χ1) is 13.9. The van der Waals surface area contributed by atoms with Crippen molar-refractivity contribution in [3.8, 4) is 5.69 Å². The topological polar surface area (TPSA) is 87.1 Å². The number of aromatic nitrogens is 2. The van der Waals surface area contributed by atoms with Crippen molar-refractivity contribution in [2.24, 2.45) is 0 Å². The lowest BCUT2D eigenvalue weighted by Crippen LogP contribution is -2.39. The Kier molecular flexibility index (Phi) is 4.55. The molecule has 2 heterocycles. The molecule has 0 aliphatic heterocycles. The highest BCUT2D eigenvalue weighted by molar-refractivity contribution is 7.17. The van der Waals surface area contributed by atoms with E-state index in [1.54, 1.807) is 11.4 Å². The van der Waals surface area contributed by atoms with Gasteiger partial charge in [-0.3, -0.25) is 19.5 Å². The number of rotatable bonds is 4. The number of non-ortho nitro benzene ring substituents is 1. The molecule has 29 heavy (non-hydrogen) atoms. The summed E-state index contributed by atoms with van der Waals surface area (Å²) in [7, 11) is 0. The van der Waals surface area contributed by atoms with E-state index in [2.05, 4.69) is 0 Å². The molecule has 0 aliphatic carbocycles. The van der Waals surface area contributed by atoms with Gasteiger partial charge in [0.25, 0.3) is 11.2 Å². The van der Waals surface area contributed by atoms with Crippen LogP contribution in [0.15, 0.2) is 63.5 Å². The number of hydrogen-bond donors (Lipinski definition) is 0. The van der Waals surface area contributed by atoms with Gasteiger partial charge in [0.1, 0.15) is 16.3 Å². The van der Waals surface area contributed by atoms with Crippen LogP contribution in [0.5, 0.6) is 0 Å². The maximum absolute atomic E-state index is 14.3. The van der Waals surface area contributed by atoms with Gasteiger partial charge in [0.05, 0.1) is 22.7 Å². The van der Waals surface area contributed by atoms with Gasteiger partial charge >= 0.3 is 5.69 Å². The van der Waals surface area contributed by atoms with Crippen LogP contribution in [-0.4, -0.2) is 14.1 Å². The van der Waals surface area contributed by atoms with E-state index in [0.717, 1.165) is 23.5 Å². The zero-order valence-corrected chi connectivity index (χ0v) is 15.4. The van der Waals surface area contributed by atoms with Crippen LogP contribution in [0.2, 0.25) is 0 Å². The van der Waals surface area contributed by atoms with Gasteiger partial charge in [0.15, 0.2) is 0 Å². The van der Waals surface area contributed by atoms with Gasteiger partial charge in [-0.2, -0.15) is 0 Å². The van der Waals surface area contributed by atoms with E-state index >= 15 is 0 Å². The summed E-state index contributed by atoms with van der Waals surface area (Å²) in [6.45, 7) is 0.00710. The smallest absolute Gasteiger partial charge is 0.288 e. The van der Waals surface area contributed by atoms with Gasteiger partial charge in [0, 0.05) is 18.2 Å². The van der Waals surface area contributed by atoms with Gasteiger partial charge in [-0.1, -0.05) is 12.1 Å². The van der Waals surface area contributed by atoms with Gasteiger partial charge in [-0.15, -0.1) is 11.3 Å².